The molecule has 1 aliphatic rings. The van der Waals surface area contributed by atoms with Gasteiger partial charge in [0.25, 0.3) is 0 Å². The SMILES string of the molecule is COc1ccc(CNC(=O)Nc2cc(N3CCCCC3)ncn2)cc1OC. The molecule has 1 aromatic carbocycles. The van der Waals surface area contributed by atoms with Crippen molar-refractivity contribution in [3.63, 3.8) is 0 Å². The van der Waals surface area contributed by atoms with Crippen molar-refractivity contribution in [3.05, 3.63) is 36.2 Å². The topological polar surface area (TPSA) is 88.6 Å². The average molecular weight is 371 g/mol. The summed E-state index contributed by atoms with van der Waals surface area (Å²) >= 11 is 0. The highest BCUT2D eigenvalue weighted by atomic mass is 16.5. The first kappa shape index (κ1) is 18.8. The van der Waals surface area contributed by atoms with E-state index in [4.69, 9.17) is 9.47 Å². The van der Waals surface area contributed by atoms with Gasteiger partial charge in [-0.1, -0.05) is 6.07 Å². The summed E-state index contributed by atoms with van der Waals surface area (Å²) in [4.78, 5) is 22.9. The van der Waals surface area contributed by atoms with Crippen LogP contribution in [-0.4, -0.2) is 43.3 Å². The molecule has 0 aliphatic carbocycles. The van der Waals surface area contributed by atoms with Crippen LogP contribution in [0.2, 0.25) is 0 Å². The van der Waals surface area contributed by atoms with Gasteiger partial charge in [0, 0.05) is 25.7 Å². The Morgan fingerprint density at radius 2 is 1.85 bits per heavy atom. The van der Waals surface area contributed by atoms with Crippen LogP contribution in [-0.2, 0) is 6.54 Å². The lowest BCUT2D eigenvalue weighted by molar-refractivity contribution is 0.251. The molecule has 27 heavy (non-hydrogen) atoms. The number of anilines is 2. The molecule has 8 nitrogen and oxygen atoms in total. The van der Waals surface area contributed by atoms with Crippen molar-refractivity contribution in [2.24, 2.45) is 0 Å². The van der Waals surface area contributed by atoms with E-state index in [9.17, 15) is 4.79 Å². The van der Waals surface area contributed by atoms with Crippen LogP contribution < -0.4 is 25.0 Å². The molecule has 2 aromatic rings. The Balaban J connectivity index is 1.56. The molecule has 0 saturated carbocycles. The van der Waals surface area contributed by atoms with Crippen molar-refractivity contribution in [1.29, 1.82) is 0 Å². The predicted molar refractivity (Wildman–Crippen MR) is 104 cm³/mol. The van der Waals surface area contributed by atoms with Crippen molar-refractivity contribution in [2.45, 2.75) is 25.8 Å². The molecule has 144 valence electrons. The molecule has 0 atom stereocenters. The number of methoxy groups -OCH3 is 2. The van der Waals surface area contributed by atoms with Crippen LogP contribution >= 0.6 is 0 Å². The first-order valence-corrected chi connectivity index (χ1v) is 9.02. The highest BCUT2D eigenvalue weighted by molar-refractivity contribution is 5.88. The lowest BCUT2D eigenvalue weighted by Gasteiger charge is -2.27. The molecule has 2 amide bonds. The van der Waals surface area contributed by atoms with Gasteiger partial charge in [-0.2, -0.15) is 0 Å². The molecule has 2 heterocycles. The Kier molecular flexibility index (Phi) is 6.30. The van der Waals surface area contributed by atoms with Crippen LogP contribution in [0.15, 0.2) is 30.6 Å². The molecule has 1 fully saturated rings. The Labute approximate surface area is 158 Å². The lowest BCUT2D eigenvalue weighted by Crippen LogP contribution is -2.31. The summed E-state index contributed by atoms with van der Waals surface area (Å²) in [6, 6.07) is 7.00. The maximum atomic E-state index is 12.2. The van der Waals surface area contributed by atoms with Gasteiger partial charge in [0.2, 0.25) is 0 Å². The fourth-order valence-corrected chi connectivity index (χ4v) is 3.04. The van der Waals surface area contributed by atoms with Gasteiger partial charge < -0.3 is 19.7 Å². The van der Waals surface area contributed by atoms with Crippen molar-refractivity contribution in [3.8, 4) is 11.5 Å². The Hall–Kier alpha value is -3.03. The third-order valence-electron chi connectivity index (χ3n) is 4.48. The van der Waals surface area contributed by atoms with Crippen LogP contribution in [0.4, 0.5) is 16.4 Å². The van der Waals surface area contributed by atoms with Gasteiger partial charge in [0.05, 0.1) is 14.2 Å². The summed E-state index contributed by atoms with van der Waals surface area (Å²) in [7, 11) is 3.17. The molecule has 3 rings (SSSR count). The zero-order chi connectivity index (χ0) is 19.1. The van der Waals surface area contributed by atoms with Crippen LogP contribution in [0.3, 0.4) is 0 Å². The van der Waals surface area contributed by atoms with Gasteiger partial charge in [0.15, 0.2) is 11.5 Å². The van der Waals surface area contributed by atoms with Crippen LogP contribution in [0.5, 0.6) is 11.5 Å². The second-order valence-corrected chi connectivity index (χ2v) is 6.31. The van der Waals surface area contributed by atoms with Crippen LogP contribution in [0, 0.1) is 0 Å². The van der Waals surface area contributed by atoms with Gasteiger partial charge in [-0.15, -0.1) is 0 Å². The smallest absolute Gasteiger partial charge is 0.320 e. The van der Waals surface area contributed by atoms with E-state index in [1.165, 1.54) is 25.6 Å². The molecule has 0 bridgehead atoms. The van der Waals surface area contributed by atoms with Crippen LogP contribution in [0.25, 0.3) is 0 Å². The maximum absolute atomic E-state index is 12.2. The number of ether oxygens (including phenoxy) is 2. The molecule has 1 aliphatic heterocycles. The number of carbonyl (C=O) groups is 1. The minimum absolute atomic E-state index is 0.326. The summed E-state index contributed by atoms with van der Waals surface area (Å²) in [6.07, 6.45) is 5.07. The van der Waals surface area contributed by atoms with Gasteiger partial charge >= 0.3 is 6.03 Å². The number of carbonyl (C=O) groups excluding carboxylic acids is 1. The third-order valence-corrected chi connectivity index (χ3v) is 4.48. The molecular weight excluding hydrogens is 346 g/mol. The molecular formula is C19H25N5O3. The van der Waals surface area contributed by atoms with Crippen molar-refractivity contribution >= 4 is 17.7 Å². The largest absolute Gasteiger partial charge is 0.493 e. The Morgan fingerprint density at radius 3 is 2.59 bits per heavy atom. The second-order valence-electron chi connectivity index (χ2n) is 6.31. The standard InChI is InChI=1S/C19H25N5O3/c1-26-15-7-6-14(10-16(15)27-2)12-20-19(25)23-17-11-18(22-13-21-17)24-8-4-3-5-9-24/h6-7,10-11,13H,3-5,8-9,12H2,1-2H3,(H2,20,21,22,23,25). The summed E-state index contributed by atoms with van der Waals surface area (Å²) in [5, 5.41) is 5.57. The number of urea groups is 1. The van der Waals surface area contributed by atoms with E-state index in [0.29, 0.717) is 23.9 Å². The number of piperidine rings is 1. The van der Waals surface area contributed by atoms with E-state index in [1.807, 2.05) is 18.2 Å². The average Bonchev–Trinajstić information content (AvgIpc) is 2.73. The Bertz CT molecular complexity index is 778. The van der Waals surface area contributed by atoms with Crippen molar-refractivity contribution in [2.75, 3.05) is 37.5 Å². The zero-order valence-electron chi connectivity index (χ0n) is 15.7. The summed E-state index contributed by atoms with van der Waals surface area (Å²) in [5.74, 6) is 2.60. The molecule has 1 aromatic heterocycles. The Morgan fingerprint density at radius 1 is 1.07 bits per heavy atom. The van der Waals surface area contributed by atoms with Crippen molar-refractivity contribution < 1.29 is 14.3 Å². The van der Waals surface area contributed by atoms with E-state index >= 15 is 0 Å². The van der Waals surface area contributed by atoms with Gasteiger partial charge in [-0.25, -0.2) is 14.8 Å². The number of hydrogen-bond donors (Lipinski definition) is 2. The third kappa shape index (κ3) is 4.99. The molecule has 2 N–H and O–H groups in total. The van der Waals surface area contributed by atoms with Gasteiger partial charge in [0.1, 0.15) is 18.0 Å². The molecule has 8 heteroatoms. The minimum Gasteiger partial charge on any atom is -0.493 e. The molecule has 0 radical (unpaired) electrons. The molecule has 0 spiro atoms. The second kappa shape index (κ2) is 9.07. The highest BCUT2D eigenvalue weighted by Crippen LogP contribution is 2.27. The number of nitrogens with zero attached hydrogens (tertiary/aromatic N) is 3. The summed E-state index contributed by atoms with van der Waals surface area (Å²) in [5.41, 5.74) is 0.902. The van der Waals surface area contributed by atoms with E-state index in [0.717, 1.165) is 24.5 Å². The van der Waals surface area contributed by atoms with Crippen molar-refractivity contribution in [1.82, 2.24) is 15.3 Å². The zero-order valence-corrected chi connectivity index (χ0v) is 15.7. The molecule has 0 unspecified atom stereocenters. The quantitative estimate of drug-likeness (QED) is 0.812. The lowest BCUT2D eigenvalue weighted by atomic mass is 10.1. The molecule has 1 saturated heterocycles. The first-order chi connectivity index (χ1) is 13.2. The maximum Gasteiger partial charge on any atom is 0.320 e. The number of benzene rings is 1. The fourth-order valence-electron chi connectivity index (χ4n) is 3.04. The normalized spacial score (nSPS) is 13.8. The number of aromatic nitrogens is 2. The van der Waals surface area contributed by atoms with E-state index in [-0.39, 0.29) is 6.03 Å². The fraction of sp³-hybridized carbons (Fsp3) is 0.421. The van der Waals surface area contributed by atoms with Gasteiger partial charge in [-0.05, 0) is 37.0 Å². The van der Waals surface area contributed by atoms with E-state index < -0.39 is 0 Å². The minimum atomic E-state index is -0.326. The number of hydrogen-bond acceptors (Lipinski definition) is 6. The summed E-state index contributed by atoms with van der Waals surface area (Å²) < 4.78 is 10.5. The first-order valence-electron chi connectivity index (χ1n) is 9.02. The number of nitrogens with one attached hydrogen (secondary N) is 2. The summed E-state index contributed by atoms with van der Waals surface area (Å²) in [6.45, 7) is 2.33. The van der Waals surface area contributed by atoms with Crippen LogP contribution in [0.1, 0.15) is 24.8 Å². The predicted octanol–water partition coefficient (Wildman–Crippen LogP) is 2.81. The van der Waals surface area contributed by atoms with E-state index in [1.54, 1.807) is 20.3 Å². The number of rotatable bonds is 6. The monoisotopic (exact) mass is 371 g/mol. The number of amides is 2. The van der Waals surface area contributed by atoms with Gasteiger partial charge in [-0.3, -0.25) is 5.32 Å². The van der Waals surface area contributed by atoms with E-state index in [2.05, 4.69) is 25.5 Å². The highest BCUT2D eigenvalue weighted by Gasteiger charge is 2.13.